The molecule has 3 aromatic rings. The molecule has 3 rings (SSSR count). The van der Waals surface area contributed by atoms with E-state index in [1.807, 2.05) is 6.07 Å². The Labute approximate surface area is 139 Å². The summed E-state index contributed by atoms with van der Waals surface area (Å²) in [6.45, 7) is 1.64. The van der Waals surface area contributed by atoms with Crippen LogP contribution in [-0.2, 0) is 0 Å². The molecule has 0 radical (unpaired) electrons. The van der Waals surface area contributed by atoms with Gasteiger partial charge in [0.25, 0.3) is 0 Å². The number of thiazole rings is 1. The summed E-state index contributed by atoms with van der Waals surface area (Å²) >= 11 is 0.974. The Kier molecular flexibility index (Phi) is 4.18. The molecule has 0 fully saturated rings. The Bertz CT molecular complexity index is 938. The first-order valence-electron chi connectivity index (χ1n) is 6.78. The molecule has 1 atom stereocenters. The molecule has 0 N–H and O–H groups in total. The number of benzene rings is 1. The molecule has 0 unspecified atom stereocenters. The summed E-state index contributed by atoms with van der Waals surface area (Å²) in [6, 6.07) is 6.73. The van der Waals surface area contributed by atoms with Gasteiger partial charge in [0.1, 0.15) is 16.6 Å². The van der Waals surface area contributed by atoms with Crippen LogP contribution in [-0.4, -0.2) is 15.9 Å². The summed E-state index contributed by atoms with van der Waals surface area (Å²) in [6.07, 6.45) is 0. The Morgan fingerprint density at radius 1 is 1.38 bits per heavy atom. The first kappa shape index (κ1) is 16.0. The summed E-state index contributed by atoms with van der Waals surface area (Å²) < 4.78 is 32.5. The van der Waals surface area contributed by atoms with E-state index in [9.17, 15) is 18.8 Å². The molecule has 2 aromatic heterocycles. The molecular weight excluding hydrogens is 336 g/mol. The molecule has 0 saturated carbocycles. The third-order valence-electron chi connectivity index (χ3n) is 3.25. The zero-order chi connectivity index (χ0) is 17.3. The molecule has 0 aliphatic heterocycles. The average Bonchev–Trinajstić information content (AvgIpc) is 3.17. The van der Waals surface area contributed by atoms with Crippen LogP contribution in [0.15, 0.2) is 34.2 Å². The molecule has 0 aliphatic carbocycles. The van der Waals surface area contributed by atoms with Crippen molar-refractivity contribution < 1.29 is 18.1 Å². The number of hydrogen-bond acceptors (Lipinski definition) is 6. The second kappa shape index (κ2) is 6.29. The van der Waals surface area contributed by atoms with Crippen molar-refractivity contribution in [2.24, 2.45) is 0 Å². The van der Waals surface area contributed by atoms with Crippen molar-refractivity contribution in [2.45, 2.75) is 12.8 Å². The number of aromatic nitrogens is 2. The molecule has 2 heterocycles. The highest BCUT2D eigenvalue weighted by molar-refractivity contribution is 7.10. The topological polar surface area (TPSA) is 79.8 Å². The molecule has 5 nitrogen and oxygen atoms in total. The third-order valence-corrected chi connectivity index (χ3v) is 4.16. The average molecular weight is 345 g/mol. The van der Waals surface area contributed by atoms with Crippen LogP contribution < -0.4 is 0 Å². The van der Waals surface area contributed by atoms with Crippen LogP contribution in [0.4, 0.5) is 8.78 Å². The lowest BCUT2D eigenvalue weighted by molar-refractivity contribution is 0.0943. The van der Waals surface area contributed by atoms with Crippen molar-refractivity contribution in [1.82, 2.24) is 10.1 Å². The van der Waals surface area contributed by atoms with Gasteiger partial charge in [-0.3, -0.25) is 4.79 Å². The standard InChI is InChI=1S/C16H9F2N3O2S/c1-8-5-13(23-21-8)15(22)9(6-19)16-20-12(7-24-16)14-10(17)3-2-4-11(14)18/h2-5,7,9H,1H3/t9-/m1/s1. The molecular formula is C16H9F2N3O2S. The van der Waals surface area contributed by atoms with E-state index in [-0.39, 0.29) is 22.0 Å². The molecule has 1 aromatic carbocycles. The van der Waals surface area contributed by atoms with Crippen LogP contribution in [0.5, 0.6) is 0 Å². The number of rotatable bonds is 4. The van der Waals surface area contributed by atoms with Crippen molar-refractivity contribution >= 4 is 17.1 Å². The van der Waals surface area contributed by atoms with E-state index >= 15 is 0 Å². The van der Waals surface area contributed by atoms with Crippen LogP contribution >= 0.6 is 11.3 Å². The van der Waals surface area contributed by atoms with Crippen molar-refractivity contribution in [2.75, 3.05) is 0 Å². The lowest BCUT2D eigenvalue weighted by Gasteiger charge is -2.02. The van der Waals surface area contributed by atoms with Gasteiger partial charge in [-0.15, -0.1) is 11.3 Å². The number of nitriles is 1. The zero-order valence-corrected chi connectivity index (χ0v) is 13.1. The highest BCUT2D eigenvalue weighted by Gasteiger charge is 2.28. The van der Waals surface area contributed by atoms with Gasteiger partial charge in [-0.2, -0.15) is 5.26 Å². The largest absolute Gasteiger partial charge is 0.353 e. The fourth-order valence-corrected chi connectivity index (χ4v) is 2.98. The van der Waals surface area contributed by atoms with E-state index in [0.29, 0.717) is 5.69 Å². The fraction of sp³-hybridized carbons (Fsp3) is 0.125. The van der Waals surface area contributed by atoms with Crippen molar-refractivity contribution in [3.05, 3.63) is 57.7 Å². The number of ketones is 1. The molecule has 0 aliphatic rings. The van der Waals surface area contributed by atoms with Crippen LogP contribution in [0.2, 0.25) is 0 Å². The van der Waals surface area contributed by atoms with E-state index in [2.05, 4.69) is 10.1 Å². The number of halogens is 2. The van der Waals surface area contributed by atoms with Crippen LogP contribution in [0.25, 0.3) is 11.3 Å². The number of aryl methyl sites for hydroxylation is 1. The maximum atomic E-state index is 13.8. The van der Waals surface area contributed by atoms with E-state index in [1.165, 1.54) is 17.5 Å². The maximum Gasteiger partial charge on any atom is 0.224 e. The SMILES string of the molecule is Cc1cc(C(=O)[C@@H](C#N)c2nc(-c3c(F)cccc3F)cs2)on1. The van der Waals surface area contributed by atoms with Gasteiger partial charge in [0.05, 0.1) is 23.0 Å². The number of nitrogens with zero attached hydrogens (tertiary/aromatic N) is 3. The molecule has 0 amide bonds. The molecule has 24 heavy (non-hydrogen) atoms. The number of carbonyl (C=O) groups excluding carboxylic acids is 1. The van der Waals surface area contributed by atoms with Gasteiger partial charge < -0.3 is 4.52 Å². The van der Waals surface area contributed by atoms with Gasteiger partial charge in [-0.1, -0.05) is 11.2 Å². The summed E-state index contributed by atoms with van der Waals surface area (Å²) in [7, 11) is 0. The summed E-state index contributed by atoms with van der Waals surface area (Å²) in [5.74, 6) is -3.43. The van der Waals surface area contributed by atoms with Gasteiger partial charge in [0, 0.05) is 11.4 Å². The minimum Gasteiger partial charge on any atom is -0.353 e. The van der Waals surface area contributed by atoms with Gasteiger partial charge in [0.15, 0.2) is 5.92 Å². The summed E-state index contributed by atoms with van der Waals surface area (Å²) in [4.78, 5) is 16.4. The predicted octanol–water partition coefficient (Wildman–Crippen LogP) is 3.87. The number of carbonyl (C=O) groups is 1. The van der Waals surface area contributed by atoms with Gasteiger partial charge in [0.2, 0.25) is 11.5 Å². The van der Waals surface area contributed by atoms with Gasteiger partial charge in [-0.25, -0.2) is 13.8 Å². The maximum absolute atomic E-state index is 13.8. The summed E-state index contributed by atoms with van der Waals surface area (Å²) in [5, 5.41) is 14.4. The van der Waals surface area contributed by atoms with E-state index < -0.39 is 23.3 Å². The van der Waals surface area contributed by atoms with E-state index in [1.54, 1.807) is 6.92 Å². The quantitative estimate of drug-likeness (QED) is 0.671. The van der Waals surface area contributed by atoms with Crippen LogP contribution in [0.3, 0.4) is 0 Å². The van der Waals surface area contributed by atoms with Crippen molar-refractivity contribution in [3.8, 4) is 17.3 Å². The minimum atomic E-state index is -1.23. The third kappa shape index (κ3) is 2.81. The number of hydrogen-bond donors (Lipinski definition) is 0. The van der Waals surface area contributed by atoms with E-state index in [4.69, 9.17) is 4.52 Å². The predicted molar refractivity (Wildman–Crippen MR) is 81.4 cm³/mol. The highest BCUT2D eigenvalue weighted by Crippen LogP contribution is 2.31. The minimum absolute atomic E-state index is 0.0346. The first-order chi connectivity index (χ1) is 11.5. The molecule has 0 saturated heterocycles. The Hall–Kier alpha value is -2.92. The zero-order valence-electron chi connectivity index (χ0n) is 12.3. The van der Waals surface area contributed by atoms with Crippen LogP contribution in [0.1, 0.15) is 27.2 Å². The Balaban J connectivity index is 1.97. The lowest BCUT2D eigenvalue weighted by atomic mass is 10.0. The van der Waals surface area contributed by atoms with E-state index in [0.717, 1.165) is 23.5 Å². The molecule has 8 heteroatoms. The second-order valence-electron chi connectivity index (χ2n) is 4.93. The first-order valence-corrected chi connectivity index (χ1v) is 7.66. The van der Waals surface area contributed by atoms with Gasteiger partial charge in [-0.05, 0) is 19.1 Å². The Morgan fingerprint density at radius 3 is 2.67 bits per heavy atom. The molecule has 0 spiro atoms. The second-order valence-corrected chi connectivity index (χ2v) is 5.82. The molecule has 0 bridgehead atoms. The highest BCUT2D eigenvalue weighted by atomic mass is 32.1. The normalized spacial score (nSPS) is 11.9. The number of Topliss-reactive ketones (excluding diaryl/α,β-unsaturated/α-hetero) is 1. The smallest absolute Gasteiger partial charge is 0.224 e. The lowest BCUT2D eigenvalue weighted by Crippen LogP contribution is -2.10. The summed E-state index contributed by atoms with van der Waals surface area (Å²) in [5.41, 5.74) is 0.246. The van der Waals surface area contributed by atoms with Crippen LogP contribution in [0, 0.1) is 29.9 Å². The molecule has 120 valence electrons. The van der Waals surface area contributed by atoms with Gasteiger partial charge >= 0.3 is 0 Å². The van der Waals surface area contributed by atoms with Crippen molar-refractivity contribution in [1.29, 1.82) is 5.26 Å². The van der Waals surface area contributed by atoms with Crippen molar-refractivity contribution in [3.63, 3.8) is 0 Å². The fourth-order valence-electron chi connectivity index (χ4n) is 2.13. The monoisotopic (exact) mass is 345 g/mol. The Morgan fingerprint density at radius 2 is 2.08 bits per heavy atom.